The standard InChI is InChI=1S/C19H24F2N4O2.HI/c1-3-22-19(24-11-9-15-6-4-5-10-23-15)25-13-14-7-8-16(26-2)17(12-14)27-18(20)21;/h4-8,10,12,18H,3,9,11,13H2,1-2H3,(H2,22,24,25);1H. The average molecular weight is 506 g/mol. The minimum Gasteiger partial charge on any atom is -0.493 e. The average Bonchev–Trinajstić information content (AvgIpc) is 2.66. The van der Waals surface area contributed by atoms with Crippen LogP contribution in [-0.2, 0) is 13.0 Å². The molecule has 1 heterocycles. The summed E-state index contributed by atoms with van der Waals surface area (Å²) < 4.78 is 34.6. The van der Waals surface area contributed by atoms with Crippen LogP contribution >= 0.6 is 24.0 Å². The van der Waals surface area contributed by atoms with E-state index in [1.54, 1.807) is 18.3 Å². The number of ether oxygens (including phenoxy) is 2. The highest BCUT2D eigenvalue weighted by molar-refractivity contribution is 14.0. The highest BCUT2D eigenvalue weighted by Crippen LogP contribution is 2.29. The van der Waals surface area contributed by atoms with Gasteiger partial charge in [0.25, 0.3) is 0 Å². The van der Waals surface area contributed by atoms with Crippen LogP contribution in [0.25, 0.3) is 0 Å². The Labute approximate surface area is 180 Å². The Balaban J connectivity index is 0.00000392. The zero-order valence-electron chi connectivity index (χ0n) is 15.8. The second kappa shape index (κ2) is 13.1. The molecule has 0 amide bonds. The second-order valence-corrected chi connectivity index (χ2v) is 5.56. The van der Waals surface area contributed by atoms with Crippen LogP contribution in [0.1, 0.15) is 18.2 Å². The molecule has 28 heavy (non-hydrogen) atoms. The third-order valence-corrected chi connectivity index (χ3v) is 3.61. The summed E-state index contributed by atoms with van der Waals surface area (Å²) in [6.07, 6.45) is 2.53. The fourth-order valence-corrected chi connectivity index (χ4v) is 2.37. The van der Waals surface area contributed by atoms with Gasteiger partial charge in [-0.2, -0.15) is 8.78 Å². The Morgan fingerprint density at radius 1 is 1.18 bits per heavy atom. The summed E-state index contributed by atoms with van der Waals surface area (Å²) in [6, 6.07) is 10.6. The van der Waals surface area contributed by atoms with Gasteiger partial charge in [0, 0.05) is 31.4 Å². The molecule has 0 radical (unpaired) electrons. The molecule has 0 aliphatic carbocycles. The van der Waals surface area contributed by atoms with Gasteiger partial charge in [0.15, 0.2) is 17.5 Å². The van der Waals surface area contributed by atoms with Gasteiger partial charge in [-0.3, -0.25) is 4.98 Å². The number of hydrogen-bond acceptors (Lipinski definition) is 4. The zero-order valence-corrected chi connectivity index (χ0v) is 18.2. The number of nitrogens with one attached hydrogen (secondary N) is 2. The lowest BCUT2D eigenvalue weighted by Crippen LogP contribution is -2.38. The minimum absolute atomic E-state index is 0. The van der Waals surface area contributed by atoms with Crippen molar-refractivity contribution in [3.05, 3.63) is 53.9 Å². The van der Waals surface area contributed by atoms with E-state index in [9.17, 15) is 8.78 Å². The number of pyridine rings is 1. The van der Waals surface area contributed by atoms with E-state index in [2.05, 4.69) is 25.3 Å². The molecule has 0 saturated heterocycles. The van der Waals surface area contributed by atoms with Crippen molar-refractivity contribution in [1.82, 2.24) is 15.6 Å². The molecule has 2 aromatic rings. The van der Waals surface area contributed by atoms with Gasteiger partial charge >= 0.3 is 6.61 Å². The van der Waals surface area contributed by atoms with Gasteiger partial charge in [0.2, 0.25) is 0 Å². The summed E-state index contributed by atoms with van der Waals surface area (Å²) in [6.45, 7) is 0.742. The monoisotopic (exact) mass is 506 g/mol. The molecule has 0 unspecified atom stereocenters. The SMILES string of the molecule is CCNC(=NCc1ccc(OC)c(OC(F)F)c1)NCCc1ccccn1.I. The minimum atomic E-state index is -2.91. The molecule has 0 saturated carbocycles. The van der Waals surface area contributed by atoms with E-state index in [4.69, 9.17) is 4.74 Å². The molecule has 0 spiro atoms. The van der Waals surface area contributed by atoms with Crippen LogP contribution in [-0.4, -0.2) is 37.8 Å². The molecule has 2 rings (SSSR count). The first-order valence-corrected chi connectivity index (χ1v) is 8.66. The van der Waals surface area contributed by atoms with Crippen LogP contribution in [0.3, 0.4) is 0 Å². The number of nitrogens with zero attached hydrogens (tertiary/aromatic N) is 2. The predicted molar refractivity (Wildman–Crippen MR) is 116 cm³/mol. The largest absolute Gasteiger partial charge is 0.493 e. The van der Waals surface area contributed by atoms with Crippen LogP contribution < -0.4 is 20.1 Å². The number of alkyl halides is 2. The lowest BCUT2D eigenvalue weighted by molar-refractivity contribution is -0.0512. The van der Waals surface area contributed by atoms with E-state index in [1.807, 2.05) is 25.1 Å². The van der Waals surface area contributed by atoms with Gasteiger partial charge in [-0.1, -0.05) is 12.1 Å². The summed E-state index contributed by atoms with van der Waals surface area (Å²) >= 11 is 0. The Kier molecular flexibility index (Phi) is 11.2. The van der Waals surface area contributed by atoms with Gasteiger partial charge in [0.1, 0.15) is 0 Å². The van der Waals surface area contributed by atoms with Crippen molar-refractivity contribution in [2.45, 2.75) is 26.5 Å². The maximum atomic E-state index is 12.5. The molecule has 0 atom stereocenters. The summed E-state index contributed by atoms with van der Waals surface area (Å²) in [5, 5.41) is 6.38. The molecular weight excluding hydrogens is 481 g/mol. The summed E-state index contributed by atoms with van der Waals surface area (Å²) in [5.41, 5.74) is 1.72. The molecule has 2 N–H and O–H groups in total. The summed E-state index contributed by atoms with van der Waals surface area (Å²) in [4.78, 5) is 8.76. The van der Waals surface area contributed by atoms with E-state index < -0.39 is 6.61 Å². The topological polar surface area (TPSA) is 67.8 Å². The Morgan fingerprint density at radius 3 is 2.64 bits per heavy atom. The zero-order chi connectivity index (χ0) is 19.5. The number of hydrogen-bond donors (Lipinski definition) is 2. The lowest BCUT2D eigenvalue weighted by atomic mass is 10.2. The number of aliphatic imine (C=N–C) groups is 1. The van der Waals surface area contributed by atoms with Crippen molar-refractivity contribution in [3.8, 4) is 11.5 Å². The van der Waals surface area contributed by atoms with Crippen LogP contribution in [0.4, 0.5) is 8.78 Å². The van der Waals surface area contributed by atoms with Crippen LogP contribution in [0.2, 0.25) is 0 Å². The first-order valence-electron chi connectivity index (χ1n) is 8.66. The number of benzene rings is 1. The van der Waals surface area contributed by atoms with Gasteiger partial charge < -0.3 is 20.1 Å². The Hall–Kier alpha value is -2.17. The van der Waals surface area contributed by atoms with Crippen molar-refractivity contribution >= 4 is 29.9 Å². The lowest BCUT2D eigenvalue weighted by Gasteiger charge is -2.13. The van der Waals surface area contributed by atoms with E-state index in [0.29, 0.717) is 25.6 Å². The van der Waals surface area contributed by atoms with Crippen molar-refractivity contribution < 1.29 is 18.3 Å². The molecule has 1 aromatic carbocycles. The fourth-order valence-electron chi connectivity index (χ4n) is 2.37. The molecule has 9 heteroatoms. The first kappa shape index (κ1) is 23.9. The smallest absolute Gasteiger partial charge is 0.387 e. The van der Waals surface area contributed by atoms with Crippen molar-refractivity contribution in [1.29, 1.82) is 0 Å². The van der Waals surface area contributed by atoms with Gasteiger partial charge in [0.05, 0.1) is 13.7 Å². The van der Waals surface area contributed by atoms with Crippen LogP contribution in [0.15, 0.2) is 47.6 Å². The van der Waals surface area contributed by atoms with Crippen molar-refractivity contribution in [3.63, 3.8) is 0 Å². The fraction of sp³-hybridized carbons (Fsp3) is 0.368. The second-order valence-electron chi connectivity index (χ2n) is 5.56. The van der Waals surface area contributed by atoms with Crippen molar-refractivity contribution in [2.75, 3.05) is 20.2 Å². The molecule has 154 valence electrons. The summed E-state index contributed by atoms with van der Waals surface area (Å²) in [7, 11) is 1.40. The molecule has 0 aliphatic heterocycles. The van der Waals surface area contributed by atoms with Gasteiger partial charge in [-0.15, -0.1) is 24.0 Å². The number of rotatable bonds is 9. The quantitative estimate of drug-likeness (QED) is 0.309. The van der Waals surface area contributed by atoms with Gasteiger partial charge in [-0.25, -0.2) is 4.99 Å². The van der Waals surface area contributed by atoms with Crippen LogP contribution in [0.5, 0.6) is 11.5 Å². The Morgan fingerprint density at radius 2 is 2.00 bits per heavy atom. The molecule has 6 nitrogen and oxygen atoms in total. The summed E-state index contributed by atoms with van der Waals surface area (Å²) in [5.74, 6) is 0.886. The predicted octanol–water partition coefficient (Wildman–Crippen LogP) is 3.61. The highest BCUT2D eigenvalue weighted by Gasteiger charge is 2.11. The van der Waals surface area contributed by atoms with Crippen LogP contribution in [0, 0.1) is 0 Å². The number of guanidine groups is 1. The van der Waals surface area contributed by atoms with E-state index >= 15 is 0 Å². The van der Waals surface area contributed by atoms with E-state index in [0.717, 1.165) is 17.7 Å². The molecular formula is C19H25F2IN4O2. The molecule has 0 bridgehead atoms. The van der Waals surface area contributed by atoms with Gasteiger partial charge in [-0.05, 0) is 36.8 Å². The maximum Gasteiger partial charge on any atom is 0.387 e. The number of halogens is 3. The van der Waals surface area contributed by atoms with Crippen molar-refractivity contribution in [2.24, 2.45) is 4.99 Å². The first-order chi connectivity index (χ1) is 13.1. The third kappa shape index (κ3) is 8.24. The van der Waals surface area contributed by atoms with E-state index in [1.165, 1.54) is 13.2 Å². The third-order valence-electron chi connectivity index (χ3n) is 3.61. The normalized spacial score (nSPS) is 11.0. The van der Waals surface area contributed by atoms with E-state index in [-0.39, 0.29) is 35.5 Å². The molecule has 0 aliphatic rings. The maximum absolute atomic E-state index is 12.5. The molecule has 1 aromatic heterocycles. The number of aromatic nitrogens is 1. The molecule has 0 fully saturated rings. The highest BCUT2D eigenvalue weighted by atomic mass is 127. The Bertz CT molecular complexity index is 733. The number of methoxy groups -OCH3 is 1.